The van der Waals surface area contributed by atoms with Crippen LogP contribution in [0.1, 0.15) is 27.2 Å². The van der Waals surface area contributed by atoms with Crippen molar-refractivity contribution in [1.82, 2.24) is 4.90 Å². The molecule has 2 unspecified atom stereocenters. The van der Waals surface area contributed by atoms with Gasteiger partial charge in [0, 0.05) is 13.6 Å². The highest BCUT2D eigenvalue weighted by molar-refractivity contribution is 5.84. The second kappa shape index (κ2) is 2.50. The van der Waals surface area contributed by atoms with E-state index in [0.29, 0.717) is 11.8 Å². The van der Waals surface area contributed by atoms with Crippen LogP contribution < -0.4 is 0 Å². The summed E-state index contributed by atoms with van der Waals surface area (Å²) in [5, 5.41) is 0. The van der Waals surface area contributed by atoms with E-state index in [1.54, 1.807) is 0 Å². The summed E-state index contributed by atoms with van der Waals surface area (Å²) < 4.78 is 0. The second-order valence-electron chi connectivity index (χ2n) is 3.86. The molecule has 0 aromatic heterocycles. The number of amides is 1. The fourth-order valence-electron chi connectivity index (χ4n) is 1.84. The summed E-state index contributed by atoms with van der Waals surface area (Å²) in [7, 11) is 1.89. The van der Waals surface area contributed by atoms with E-state index in [1.165, 1.54) is 0 Å². The summed E-state index contributed by atoms with van der Waals surface area (Å²) in [5.41, 5.74) is -0.0885. The zero-order valence-corrected chi connectivity index (χ0v) is 7.85. The van der Waals surface area contributed by atoms with E-state index in [4.69, 9.17) is 0 Å². The minimum Gasteiger partial charge on any atom is -0.345 e. The lowest BCUT2D eigenvalue weighted by molar-refractivity contribution is -0.135. The molecule has 2 heteroatoms. The van der Waals surface area contributed by atoms with Crippen molar-refractivity contribution in [2.24, 2.45) is 11.3 Å². The van der Waals surface area contributed by atoms with Crippen LogP contribution >= 0.6 is 0 Å². The van der Waals surface area contributed by atoms with Crippen LogP contribution in [0.3, 0.4) is 0 Å². The SMILES string of the molecule is CCC1(C)C(=O)N(C)CC1C. The first-order valence-electron chi connectivity index (χ1n) is 4.28. The van der Waals surface area contributed by atoms with E-state index < -0.39 is 0 Å². The maximum atomic E-state index is 11.6. The molecule has 0 radical (unpaired) electrons. The number of nitrogens with zero attached hydrogens (tertiary/aromatic N) is 1. The lowest BCUT2D eigenvalue weighted by atomic mass is 9.78. The van der Waals surface area contributed by atoms with Crippen molar-refractivity contribution in [2.75, 3.05) is 13.6 Å². The van der Waals surface area contributed by atoms with Crippen molar-refractivity contribution >= 4 is 5.91 Å². The molecular formula is C9H17NO. The van der Waals surface area contributed by atoms with Crippen molar-refractivity contribution in [3.05, 3.63) is 0 Å². The molecule has 0 spiro atoms. The number of hydrogen-bond donors (Lipinski definition) is 0. The molecule has 64 valence electrons. The zero-order chi connectivity index (χ0) is 8.65. The van der Waals surface area contributed by atoms with Gasteiger partial charge in [-0.3, -0.25) is 4.79 Å². The average Bonchev–Trinajstić information content (AvgIpc) is 2.16. The van der Waals surface area contributed by atoms with Gasteiger partial charge in [-0.05, 0) is 12.3 Å². The van der Waals surface area contributed by atoms with Gasteiger partial charge in [-0.15, -0.1) is 0 Å². The maximum Gasteiger partial charge on any atom is 0.228 e. The van der Waals surface area contributed by atoms with Gasteiger partial charge in [0.2, 0.25) is 5.91 Å². The largest absolute Gasteiger partial charge is 0.345 e. The third-order valence-corrected chi connectivity index (χ3v) is 3.21. The minimum absolute atomic E-state index is 0.0885. The van der Waals surface area contributed by atoms with Gasteiger partial charge in [0.1, 0.15) is 0 Å². The van der Waals surface area contributed by atoms with Gasteiger partial charge in [-0.25, -0.2) is 0 Å². The van der Waals surface area contributed by atoms with Gasteiger partial charge in [-0.2, -0.15) is 0 Å². The Hall–Kier alpha value is -0.530. The highest BCUT2D eigenvalue weighted by Gasteiger charge is 2.45. The van der Waals surface area contributed by atoms with Crippen molar-refractivity contribution in [3.8, 4) is 0 Å². The number of carbonyl (C=O) groups excluding carboxylic acids is 1. The van der Waals surface area contributed by atoms with Crippen LogP contribution in [0.2, 0.25) is 0 Å². The fraction of sp³-hybridized carbons (Fsp3) is 0.889. The molecule has 2 nitrogen and oxygen atoms in total. The highest BCUT2D eigenvalue weighted by Crippen LogP contribution is 2.38. The van der Waals surface area contributed by atoms with Crippen molar-refractivity contribution in [2.45, 2.75) is 27.2 Å². The lowest BCUT2D eigenvalue weighted by Crippen LogP contribution is -2.31. The molecule has 1 rings (SSSR count). The van der Waals surface area contributed by atoms with E-state index >= 15 is 0 Å². The first kappa shape index (κ1) is 8.57. The molecular weight excluding hydrogens is 138 g/mol. The summed E-state index contributed by atoms with van der Waals surface area (Å²) in [6, 6.07) is 0. The molecule has 0 bridgehead atoms. The summed E-state index contributed by atoms with van der Waals surface area (Å²) in [6.45, 7) is 7.24. The molecule has 1 aliphatic rings. The Morgan fingerprint density at radius 1 is 1.73 bits per heavy atom. The van der Waals surface area contributed by atoms with Crippen molar-refractivity contribution in [3.63, 3.8) is 0 Å². The molecule has 1 saturated heterocycles. The maximum absolute atomic E-state index is 11.6. The fourth-order valence-corrected chi connectivity index (χ4v) is 1.84. The van der Waals surface area contributed by atoms with Crippen LogP contribution in [0.5, 0.6) is 0 Å². The highest BCUT2D eigenvalue weighted by atomic mass is 16.2. The molecule has 11 heavy (non-hydrogen) atoms. The van der Waals surface area contributed by atoms with E-state index in [1.807, 2.05) is 11.9 Å². The van der Waals surface area contributed by atoms with E-state index in [2.05, 4.69) is 20.8 Å². The van der Waals surface area contributed by atoms with Crippen LogP contribution in [0.25, 0.3) is 0 Å². The topological polar surface area (TPSA) is 20.3 Å². The lowest BCUT2D eigenvalue weighted by Gasteiger charge is -2.23. The van der Waals surface area contributed by atoms with Gasteiger partial charge < -0.3 is 4.90 Å². The van der Waals surface area contributed by atoms with Gasteiger partial charge in [0.05, 0.1) is 5.41 Å². The monoisotopic (exact) mass is 155 g/mol. The zero-order valence-electron chi connectivity index (χ0n) is 7.85. The molecule has 1 fully saturated rings. The Kier molecular flexibility index (Phi) is 1.95. The van der Waals surface area contributed by atoms with Gasteiger partial charge in [-0.1, -0.05) is 20.8 Å². The predicted octanol–water partition coefficient (Wildman–Crippen LogP) is 1.51. The smallest absolute Gasteiger partial charge is 0.228 e. The van der Waals surface area contributed by atoms with Crippen molar-refractivity contribution < 1.29 is 4.79 Å². The molecule has 0 aromatic carbocycles. The molecule has 0 N–H and O–H groups in total. The molecule has 2 atom stereocenters. The minimum atomic E-state index is -0.0885. The normalized spacial score (nSPS) is 38.4. The van der Waals surface area contributed by atoms with Crippen LogP contribution in [0, 0.1) is 11.3 Å². The van der Waals surface area contributed by atoms with E-state index in [0.717, 1.165) is 13.0 Å². The summed E-state index contributed by atoms with van der Waals surface area (Å²) in [6.07, 6.45) is 0.956. The first-order valence-corrected chi connectivity index (χ1v) is 4.28. The third-order valence-electron chi connectivity index (χ3n) is 3.21. The Balaban J connectivity index is 2.87. The molecule has 0 aliphatic carbocycles. The Morgan fingerprint density at radius 3 is 2.45 bits per heavy atom. The molecule has 0 saturated carbocycles. The standard InChI is InChI=1S/C9H17NO/c1-5-9(3)7(2)6-10(4)8(9)11/h7H,5-6H2,1-4H3. The average molecular weight is 155 g/mol. The third kappa shape index (κ3) is 1.05. The Bertz CT molecular complexity index is 178. The number of carbonyl (C=O) groups is 1. The van der Waals surface area contributed by atoms with Crippen molar-refractivity contribution in [1.29, 1.82) is 0 Å². The summed E-state index contributed by atoms with van der Waals surface area (Å²) in [4.78, 5) is 13.4. The van der Waals surface area contributed by atoms with E-state index in [-0.39, 0.29) is 5.41 Å². The van der Waals surface area contributed by atoms with Gasteiger partial charge in [0.15, 0.2) is 0 Å². The van der Waals surface area contributed by atoms with Crippen LogP contribution in [-0.4, -0.2) is 24.4 Å². The second-order valence-corrected chi connectivity index (χ2v) is 3.86. The molecule has 1 aliphatic heterocycles. The Morgan fingerprint density at radius 2 is 2.27 bits per heavy atom. The molecule has 0 aromatic rings. The number of likely N-dealkylation sites (tertiary alicyclic amines) is 1. The molecule has 1 heterocycles. The molecule has 1 amide bonds. The predicted molar refractivity (Wildman–Crippen MR) is 45.2 cm³/mol. The Labute approximate surface area is 68.6 Å². The number of rotatable bonds is 1. The van der Waals surface area contributed by atoms with Crippen LogP contribution in [0.4, 0.5) is 0 Å². The van der Waals surface area contributed by atoms with Gasteiger partial charge >= 0.3 is 0 Å². The first-order chi connectivity index (χ1) is 5.02. The summed E-state index contributed by atoms with van der Waals surface area (Å²) >= 11 is 0. The van der Waals surface area contributed by atoms with Crippen LogP contribution in [0.15, 0.2) is 0 Å². The number of hydrogen-bond acceptors (Lipinski definition) is 1. The van der Waals surface area contributed by atoms with E-state index in [9.17, 15) is 4.79 Å². The quantitative estimate of drug-likeness (QED) is 0.562. The summed E-state index contributed by atoms with van der Waals surface area (Å²) in [5.74, 6) is 0.817. The van der Waals surface area contributed by atoms with Gasteiger partial charge in [0.25, 0.3) is 0 Å². The van der Waals surface area contributed by atoms with Crippen LogP contribution in [-0.2, 0) is 4.79 Å².